The molecule has 1 fully saturated rings. The average Bonchev–Trinajstić information content (AvgIpc) is 3.14. The molecule has 0 radical (unpaired) electrons. The molecule has 1 aliphatic heterocycles. The summed E-state index contributed by atoms with van der Waals surface area (Å²) in [5, 5.41) is 4.62. The van der Waals surface area contributed by atoms with E-state index in [2.05, 4.69) is 21.0 Å². The number of amides is 1. The van der Waals surface area contributed by atoms with E-state index in [0.29, 0.717) is 29.6 Å². The first-order valence-electron chi connectivity index (χ1n) is 8.68. The molecule has 0 spiro atoms. The van der Waals surface area contributed by atoms with E-state index in [1.807, 2.05) is 17.0 Å². The van der Waals surface area contributed by atoms with Gasteiger partial charge in [-0.15, -0.1) is 12.3 Å². The topological polar surface area (TPSA) is 62.5 Å². The van der Waals surface area contributed by atoms with Crippen LogP contribution in [0.3, 0.4) is 0 Å². The number of nitrogens with zero attached hydrogens (tertiary/aromatic N) is 4. The van der Waals surface area contributed by atoms with E-state index >= 15 is 0 Å². The molecule has 0 atom stereocenters. The first-order chi connectivity index (χ1) is 12.7. The lowest BCUT2D eigenvalue weighted by Crippen LogP contribution is -2.48. The Balaban J connectivity index is 1.47. The standard InChI is InChI=1S/C19H21ClN4O2/c1-2-3-10-23-11-13-24(14-12-23)18(25)9-8-17-21-19(22-26-17)15-4-6-16(20)7-5-15/h1,4-7H,3,8-14H2. The minimum absolute atomic E-state index is 0.118. The van der Waals surface area contributed by atoms with Crippen LogP contribution in [0.2, 0.25) is 5.02 Å². The molecule has 1 amide bonds. The number of carbonyl (C=O) groups is 1. The zero-order chi connectivity index (χ0) is 18.4. The molecule has 0 aliphatic carbocycles. The van der Waals surface area contributed by atoms with E-state index < -0.39 is 0 Å². The van der Waals surface area contributed by atoms with Gasteiger partial charge in [0.25, 0.3) is 0 Å². The molecule has 6 nitrogen and oxygen atoms in total. The number of rotatable bonds is 6. The summed E-state index contributed by atoms with van der Waals surface area (Å²) in [5.41, 5.74) is 0.832. The number of hydrogen-bond donors (Lipinski definition) is 0. The van der Waals surface area contributed by atoms with Crippen molar-refractivity contribution in [3.8, 4) is 23.7 Å². The van der Waals surface area contributed by atoms with Gasteiger partial charge in [0.15, 0.2) is 0 Å². The van der Waals surface area contributed by atoms with Crippen LogP contribution in [-0.2, 0) is 11.2 Å². The lowest BCUT2D eigenvalue weighted by Gasteiger charge is -2.34. The number of aromatic nitrogens is 2. The lowest BCUT2D eigenvalue weighted by atomic mass is 10.2. The van der Waals surface area contributed by atoms with Crippen LogP contribution in [0, 0.1) is 12.3 Å². The molecular weight excluding hydrogens is 352 g/mol. The molecule has 0 saturated carbocycles. The number of hydrogen-bond acceptors (Lipinski definition) is 5. The third-order valence-electron chi connectivity index (χ3n) is 4.42. The van der Waals surface area contributed by atoms with Gasteiger partial charge in [-0.3, -0.25) is 9.69 Å². The van der Waals surface area contributed by atoms with Crippen molar-refractivity contribution in [1.29, 1.82) is 0 Å². The number of benzene rings is 1. The Bertz CT molecular complexity index is 774. The highest BCUT2D eigenvalue weighted by molar-refractivity contribution is 6.30. The first-order valence-corrected chi connectivity index (χ1v) is 9.05. The molecule has 3 rings (SSSR count). The maximum Gasteiger partial charge on any atom is 0.227 e. The summed E-state index contributed by atoms with van der Waals surface area (Å²) in [6.45, 7) is 4.11. The Labute approximate surface area is 158 Å². The van der Waals surface area contributed by atoms with Gasteiger partial charge in [0, 0.05) is 62.6 Å². The van der Waals surface area contributed by atoms with Gasteiger partial charge in [0.05, 0.1) is 0 Å². The Morgan fingerprint density at radius 3 is 2.65 bits per heavy atom. The zero-order valence-electron chi connectivity index (χ0n) is 14.5. The molecule has 0 N–H and O–H groups in total. The summed E-state index contributed by atoms with van der Waals surface area (Å²) in [6, 6.07) is 7.23. The van der Waals surface area contributed by atoms with Crippen LogP contribution < -0.4 is 0 Å². The quantitative estimate of drug-likeness (QED) is 0.729. The Morgan fingerprint density at radius 1 is 1.23 bits per heavy atom. The van der Waals surface area contributed by atoms with Crippen molar-refractivity contribution in [2.75, 3.05) is 32.7 Å². The average molecular weight is 373 g/mol. The molecule has 2 heterocycles. The summed E-state index contributed by atoms with van der Waals surface area (Å²) >= 11 is 5.88. The van der Waals surface area contributed by atoms with Gasteiger partial charge in [-0.05, 0) is 24.3 Å². The summed E-state index contributed by atoms with van der Waals surface area (Å²) in [4.78, 5) is 20.9. The van der Waals surface area contributed by atoms with Crippen LogP contribution >= 0.6 is 11.6 Å². The van der Waals surface area contributed by atoms with Crippen LogP contribution in [0.25, 0.3) is 11.4 Å². The van der Waals surface area contributed by atoms with E-state index in [1.165, 1.54) is 0 Å². The fraction of sp³-hybridized carbons (Fsp3) is 0.421. The second-order valence-electron chi connectivity index (χ2n) is 6.20. The van der Waals surface area contributed by atoms with Gasteiger partial charge in [-0.2, -0.15) is 4.98 Å². The maximum atomic E-state index is 12.4. The van der Waals surface area contributed by atoms with Gasteiger partial charge in [-0.25, -0.2) is 0 Å². The second kappa shape index (κ2) is 8.84. The van der Waals surface area contributed by atoms with E-state index in [9.17, 15) is 4.79 Å². The second-order valence-corrected chi connectivity index (χ2v) is 6.63. The summed E-state index contributed by atoms with van der Waals surface area (Å²) in [5.74, 6) is 3.74. The molecule has 26 heavy (non-hydrogen) atoms. The number of halogens is 1. The maximum absolute atomic E-state index is 12.4. The largest absolute Gasteiger partial charge is 0.340 e. The molecule has 1 saturated heterocycles. The van der Waals surface area contributed by atoms with E-state index in [0.717, 1.165) is 44.7 Å². The Hall–Kier alpha value is -2.36. The van der Waals surface area contributed by atoms with Gasteiger partial charge in [0.1, 0.15) is 0 Å². The predicted octanol–water partition coefficient (Wildman–Crippen LogP) is 2.49. The highest BCUT2D eigenvalue weighted by atomic mass is 35.5. The zero-order valence-corrected chi connectivity index (χ0v) is 15.3. The van der Waals surface area contributed by atoms with Crippen molar-refractivity contribution in [1.82, 2.24) is 19.9 Å². The van der Waals surface area contributed by atoms with Crippen LogP contribution in [0.5, 0.6) is 0 Å². The van der Waals surface area contributed by atoms with E-state index in [4.69, 9.17) is 22.5 Å². The lowest BCUT2D eigenvalue weighted by molar-refractivity contribution is -0.133. The van der Waals surface area contributed by atoms with Crippen molar-refractivity contribution in [2.24, 2.45) is 0 Å². The van der Waals surface area contributed by atoms with Gasteiger partial charge < -0.3 is 9.42 Å². The monoisotopic (exact) mass is 372 g/mol. The first kappa shape index (κ1) is 18.4. The number of terminal acetylenes is 1. The number of carbonyl (C=O) groups excluding carboxylic acids is 1. The molecule has 0 bridgehead atoms. The molecule has 1 aromatic carbocycles. The Morgan fingerprint density at radius 2 is 1.96 bits per heavy atom. The van der Waals surface area contributed by atoms with E-state index in [-0.39, 0.29) is 5.91 Å². The molecule has 1 aromatic heterocycles. The summed E-state index contributed by atoms with van der Waals surface area (Å²) in [7, 11) is 0. The molecular formula is C19H21ClN4O2. The van der Waals surface area contributed by atoms with Crippen molar-refractivity contribution in [2.45, 2.75) is 19.3 Å². The molecule has 1 aliphatic rings. The molecule has 0 unspecified atom stereocenters. The smallest absolute Gasteiger partial charge is 0.227 e. The molecule has 2 aromatic rings. The highest BCUT2D eigenvalue weighted by Gasteiger charge is 2.21. The van der Waals surface area contributed by atoms with Crippen LogP contribution in [0.4, 0.5) is 0 Å². The third kappa shape index (κ3) is 4.84. The van der Waals surface area contributed by atoms with Crippen molar-refractivity contribution in [3.05, 3.63) is 35.2 Å². The van der Waals surface area contributed by atoms with Crippen LogP contribution in [0.1, 0.15) is 18.7 Å². The predicted molar refractivity (Wildman–Crippen MR) is 99.5 cm³/mol. The number of aryl methyl sites for hydroxylation is 1. The fourth-order valence-electron chi connectivity index (χ4n) is 2.89. The summed E-state index contributed by atoms with van der Waals surface area (Å²) < 4.78 is 5.26. The third-order valence-corrected chi connectivity index (χ3v) is 4.67. The van der Waals surface area contributed by atoms with Crippen molar-refractivity contribution < 1.29 is 9.32 Å². The SMILES string of the molecule is C#CCCN1CCN(C(=O)CCc2nc(-c3ccc(Cl)cc3)no2)CC1. The normalized spacial score (nSPS) is 15.0. The van der Waals surface area contributed by atoms with Crippen LogP contribution in [0.15, 0.2) is 28.8 Å². The molecule has 7 heteroatoms. The van der Waals surface area contributed by atoms with Gasteiger partial charge in [0.2, 0.25) is 17.6 Å². The minimum atomic E-state index is 0.118. The Kier molecular flexibility index (Phi) is 6.26. The highest BCUT2D eigenvalue weighted by Crippen LogP contribution is 2.19. The van der Waals surface area contributed by atoms with Crippen molar-refractivity contribution in [3.63, 3.8) is 0 Å². The van der Waals surface area contributed by atoms with Gasteiger partial charge >= 0.3 is 0 Å². The number of piperazine rings is 1. The van der Waals surface area contributed by atoms with E-state index in [1.54, 1.807) is 12.1 Å². The van der Waals surface area contributed by atoms with Crippen molar-refractivity contribution >= 4 is 17.5 Å². The van der Waals surface area contributed by atoms with Gasteiger partial charge in [-0.1, -0.05) is 16.8 Å². The van der Waals surface area contributed by atoms with Crippen LogP contribution in [-0.4, -0.2) is 58.6 Å². The minimum Gasteiger partial charge on any atom is -0.340 e. The fourth-order valence-corrected chi connectivity index (χ4v) is 3.01. The molecule has 136 valence electrons. The summed E-state index contributed by atoms with van der Waals surface area (Å²) in [6.07, 6.45) is 6.85.